The number of anilines is 2. The van der Waals surface area contributed by atoms with E-state index in [2.05, 4.69) is 32.3 Å². The van der Waals surface area contributed by atoms with Crippen molar-refractivity contribution >= 4 is 36.0 Å². The van der Waals surface area contributed by atoms with Crippen LogP contribution in [-0.4, -0.2) is 55.4 Å². The quantitative estimate of drug-likeness (QED) is 0.366. The summed E-state index contributed by atoms with van der Waals surface area (Å²) in [6.07, 6.45) is 4.99. The summed E-state index contributed by atoms with van der Waals surface area (Å²) in [7, 11) is 1.75. The second kappa shape index (κ2) is 11.9. The summed E-state index contributed by atoms with van der Waals surface area (Å²) in [5.41, 5.74) is 7.12. The van der Waals surface area contributed by atoms with E-state index in [1.54, 1.807) is 24.2 Å². The highest BCUT2D eigenvalue weighted by Gasteiger charge is 2.19. The minimum atomic E-state index is -0.660. The van der Waals surface area contributed by atoms with Crippen LogP contribution in [0.1, 0.15) is 30.0 Å². The number of hydrogen-bond acceptors (Lipinski definition) is 8. The zero-order valence-electron chi connectivity index (χ0n) is 19.2. The van der Waals surface area contributed by atoms with Crippen LogP contribution in [0.5, 0.6) is 0 Å². The Morgan fingerprint density at radius 1 is 1.44 bits per heavy atom. The number of nitrogens with one attached hydrogen (secondary N) is 2. The van der Waals surface area contributed by atoms with Gasteiger partial charge in [0.2, 0.25) is 5.95 Å². The molecule has 2 heterocycles. The van der Waals surface area contributed by atoms with Crippen molar-refractivity contribution in [1.29, 1.82) is 0 Å². The van der Waals surface area contributed by atoms with Gasteiger partial charge in [-0.2, -0.15) is 4.98 Å². The number of nitrogens with two attached hydrogens (primary N) is 1. The molecule has 1 saturated heterocycles. The van der Waals surface area contributed by atoms with Crippen LogP contribution < -0.4 is 21.3 Å². The van der Waals surface area contributed by atoms with Crippen molar-refractivity contribution in [2.45, 2.75) is 31.8 Å². The summed E-state index contributed by atoms with van der Waals surface area (Å²) >= 11 is 5.94. The third kappa shape index (κ3) is 6.72. The van der Waals surface area contributed by atoms with Crippen molar-refractivity contribution in [3.63, 3.8) is 0 Å². The first-order chi connectivity index (χ1) is 16.3. The maximum absolute atomic E-state index is 13.8. The monoisotopic (exact) mass is 489 g/mol. The Hall–Kier alpha value is -3.08. The van der Waals surface area contributed by atoms with Gasteiger partial charge in [-0.15, -0.1) is 0 Å². The van der Waals surface area contributed by atoms with Crippen LogP contribution in [0.15, 0.2) is 41.3 Å². The number of aromatic nitrogens is 2. The largest absolute Gasteiger partial charge is 0.381 e. The van der Waals surface area contributed by atoms with Crippen molar-refractivity contribution < 1.29 is 13.9 Å². The van der Waals surface area contributed by atoms with Crippen molar-refractivity contribution in [3.8, 4) is 0 Å². The molecule has 1 aliphatic heterocycles. The average molecular weight is 490 g/mol. The normalized spacial score (nSPS) is 15.5. The van der Waals surface area contributed by atoms with Crippen molar-refractivity contribution in [1.82, 2.24) is 15.3 Å². The van der Waals surface area contributed by atoms with E-state index in [-0.39, 0.29) is 23.3 Å². The van der Waals surface area contributed by atoms with E-state index in [0.29, 0.717) is 30.5 Å². The zero-order chi connectivity index (χ0) is 24.7. The Morgan fingerprint density at radius 2 is 2.18 bits per heavy atom. The Kier molecular flexibility index (Phi) is 8.91. The second-order valence-electron chi connectivity index (χ2n) is 7.98. The van der Waals surface area contributed by atoms with Crippen LogP contribution >= 0.6 is 11.6 Å². The average Bonchev–Trinajstić information content (AvgIpc) is 2.81. The number of amides is 1. The lowest BCUT2D eigenvalue weighted by molar-refractivity contribution is -0.118. The number of aryl methyl sites for hydroxylation is 1. The van der Waals surface area contributed by atoms with Crippen LogP contribution in [0.4, 0.5) is 16.2 Å². The van der Waals surface area contributed by atoms with E-state index < -0.39 is 17.8 Å². The summed E-state index contributed by atoms with van der Waals surface area (Å²) in [6.45, 7) is 6.82. The van der Waals surface area contributed by atoms with Gasteiger partial charge in [-0.05, 0) is 50.2 Å². The van der Waals surface area contributed by atoms with Gasteiger partial charge in [0.05, 0.1) is 6.04 Å². The second-order valence-corrected chi connectivity index (χ2v) is 8.42. The van der Waals surface area contributed by atoms with Crippen LogP contribution in [0, 0.1) is 12.7 Å². The third-order valence-electron chi connectivity index (χ3n) is 5.38. The van der Waals surface area contributed by atoms with Gasteiger partial charge in [0.1, 0.15) is 17.3 Å². The van der Waals surface area contributed by atoms with Crippen molar-refractivity contribution in [3.05, 3.63) is 58.3 Å². The van der Waals surface area contributed by atoms with Gasteiger partial charge in [-0.1, -0.05) is 11.6 Å². The molecule has 1 atom stereocenters. The first kappa shape index (κ1) is 25.5. The molecule has 0 unspecified atom stereocenters. The van der Waals surface area contributed by atoms with Crippen LogP contribution in [0.2, 0.25) is 5.02 Å². The highest BCUT2D eigenvalue weighted by molar-refractivity contribution is 6.30. The predicted molar refractivity (Wildman–Crippen MR) is 132 cm³/mol. The standard InChI is InChI=1S/C23H29ClFN7O2/c1-14-12-28-23(29-18-4-6-34-7-5-18)31-21(14)32(3)13-20(27-2)22(33)30-19(11-26)15-8-16(24)10-17(25)9-15/h8-10,12-13,18-19H,2,4-7,11,26H2,1,3H3,(H,30,33)(H,28,29,31)/b20-13-/t19-/m1/s1. The van der Waals surface area contributed by atoms with Gasteiger partial charge in [-0.25, -0.2) is 9.37 Å². The van der Waals surface area contributed by atoms with E-state index in [4.69, 9.17) is 22.1 Å². The Morgan fingerprint density at radius 3 is 2.82 bits per heavy atom. The molecule has 0 bridgehead atoms. The predicted octanol–water partition coefficient (Wildman–Crippen LogP) is 2.96. The Balaban J connectivity index is 1.76. The van der Waals surface area contributed by atoms with E-state index >= 15 is 0 Å². The fourth-order valence-corrected chi connectivity index (χ4v) is 3.82. The lowest BCUT2D eigenvalue weighted by Crippen LogP contribution is -2.34. The highest BCUT2D eigenvalue weighted by atomic mass is 35.5. The summed E-state index contributed by atoms with van der Waals surface area (Å²) < 4.78 is 19.1. The Labute approximate surface area is 203 Å². The number of nitrogens with zero attached hydrogens (tertiary/aromatic N) is 4. The SMILES string of the molecule is C=N/C(=C\N(C)c1nc(NC2CCOCC2)ncc1C)C(=O)N[C@H](CN)c1cc(F)cc(Cl)c1. The molecule has 11 heteroatoms. The van der Waals surface area contributed by atoms with E-state index in [9.17, 15) is 9.18 Å². The number of carbonyl (C=O) groups excluding carboxylic acids is 1. The van der Waals surface area contributed by atoms with Crippen LogP contribution in [0.25, 0.3) is 0 Å². The maximum atomic E-state index is 13.8. The van der Waals surface area contributed by atoms with E-state index in [1.165, 1.54) is 18.3 Å². The van der Waals surface area contributed by atoms with Gasteiger partial charge >= 0.3 is 0 Å². The summed E-state index contributed by atoms with van der Waals surface area (Å²) in [5.74, 6) is 0.0594. The molecule has 1 aromatic heterocycles. The molecule has 3 rings (SSSR count). The maximum Gasteiger partial charge on any atom is 0.271 e. The van der Waals surface area contributed by atoms with Crippen molar-refractivity contribution in [2.75, 3.05) is 37.0 Å². The lowest BCUT2D eigenvalue weighted by Gasteiger charge is -2.24. The molecule has 0 radical (unpaired) electrons. The molecule has 1 amide bonds. The lowest BCUT2D eigenvalue weighted by atomic mass is 10.1. The van der Waals surface area contributed by atoms with Crippen molar-refractivity contribution in [2.24, 2.45) is 10.7 Å². The van der Waals surface area contributed by atoms with Gasteiger partial charge < -0.3 is 26.0 Å². The van der Waals surface area contributed by atoms with Gasteiger partial charge in [0.15, 0.2) is 0 Å². The summed E-state index contributed by atoms with van der Waals surface area (Å²) in [6, 6.07) is 3.59. The number of aliphatic imine (C=N–C) groups is 1. The molecule has 4 N–H and O–H groups in total. The smallest absolute Gasteiger partial charge is 0.271 e. The number of halogens is 2. The number of benzene rings is 1. The van der Waals surface area contributed by atoms with Crippen LogP contribution in [-0.2, 0) is 9.53 Å². The van der Waals surface area contributed by atoms with E-state index in [1.807, 2.05) is 6.92 Å². The first-order valence-electron chi connectivity index (χ1n) is 10.9. The zero-order valence-corrected chi connectivity index (χ0v) is 20.0. The minimum absolute atomic E-state index is 0.0397. The Bertz CT molecular complexity index is 1040. The van der Waals surface area contributed by atoms with Crippen LogP contribution in [0.3, 0.4) is 0 Å². The van der Waals surface area contributed by atoms with Gasteiger partial charge in [0.25, 0.3) is 5.91 Å². The number of ether oxygens (including phenoxy) is 1. The topological polar surface area (TPSA) is 118 Å². The number of hydrogen-bond donors (Lipinski definition) is 3. The molecule has 0 aliphatic carbocycles. The highest BCUT2D eigenvalue weighted by Crippen LogP contribution is 2.22. The third-order valence-corrected chi connectivity index (χ3v) is 5.60. The molecule has 182 valence electrons. The molecular formula is C23H29ClFN7O2. The summed E-state index contributed by atoms with van der Waals surface area (Å²) in [5, 5.41) is 6.30. The molecule has 1 fully saturated rings. The number of rotatable bonds is 9. The molecule has 9 nitrogen and oxygen atoms in total. The molecule has 2 aromatic rings. The molecular weight excluding hydrogens is 461 g/mol. The molecule has 1 aliphatic rings. The molecule has 34 heavy (non-hydrogen) atoms. The van der Waals surface area contributed by atoms with Gasteiger partial charge in [-0.3, -0.25) is 9.79 Å². The summed E-state index contributed by atoms with van der Waals surface area (Å²) in [4.78, 5) is 27.4. The molecule has 0 saturated carbocycles. The molecule has 0 spiro atoms. The number of carbonyl (C=O) groups is 1. The fourth-order valence-electron chi connectivity index (χ4n) is 3.59. The molecule has 1 aromatic carbocycles. The first-order valence-corrected chi connectivity index (χ1v) is 11.2. The fraction of sp³-hybridized carbons (Fsp3) is 0.391. The van der Waals surface area contributed by atoms with Gasteiger partial charge in [0, 0.05) is 55.8 Å². The van der Waals surface area contributed by atoms with E-state index in [0.717, 1.165) is 18.4 Å². The minimum Gasteiger partial charge on any atom is -0.381 e.